The average molecular weight is 197 g/mol. The standard InChI is InChI=1S/C9H8FNO3/c10-5-2-1-4(9(12)13)7-6(11)3-14-8(5)7/h1-2,6H,3,11H2,(H,12,13)/t6-/m1/s1. The second-order valence-electron chi connectivity index (χ2n) is 3.06. The third-order valence-corrected chi connectivity index (χ3v) is 2.16. The molecule has 1 heterocycles. The molecule has 1 aromatic carbocycles. The van der Waals surface area contributed by atoms with E-state index in [4.69, 9.17) is 15.6 Å². The number of ether oxygens (including phenoxy) is 1. The lowest BCUT2D eigenvalue weighted by Gasteiger charge is -2.05. The summed E-state index contributed by atoms with van der Waals surface area (Å²) in [5.74, 6) is -1.72. The van der Waals surface area contributed by atoms with Crippen molar-refractivity contribution in [2.24, 2.45) is 5.73 Å². The van der Waals surface area contributed by atoms with Gasteiger partial charge in [0.1, 0.15) is 6.61 Å². The summed E-state index contributed by atoms with van der Waals surface area (Å²) in [5, 5.41) is 8.82. The smallest absolute Gasteiger partial charge is 0.336 e. The SMILES string of the molecule is N[C@@H]1COc2c(F)ccc(C(=O)O)c21. The van der Waals surface area contributed by atoms with E-state index in [1.807, 2.05) is 0 Å². The van der Waals surface area contributed by atoms with Crippen LogP contribution in [0.25, 0.3) is 0 Å². The first-order valence-electron chi connectivity index (χ1n) is 4.05. The molecule has 5 heteroatoms. The fourth-order valence-corrected chi connectivity index (χ4v) is 1.53. The first kappa shape index (κ1) is 8.96. The van der Waals surface area contributed by atoms with Gasteiger partial charge in [0, 0.05) is 5.56 Å². The summed E-state index contributed by atoms with van der Waals surface area (Å²) < 4.78 is 18.1. The third-order valence-electron chi connectivity index (χ3n) is 2.16. The van der Waals surface area contributed by atoms with Crippen molar-refractivity contribution >= 4 is 5.97 Å². The second-order valence-corrected chi connectivity index (χ2v) is 3.06. The van der Waals surface area contributed by atoms with Gasteiger partial charge in [-0.25, -0.2) is 9.18 Å². The van der Waals surface area contributed by atoms with E-state index >= 15 is 0 Å². The van der Waals surface area contributed by atoms with Gasteiger partial charge in [0.2, 0.25) is 0 Å². The fraction of sp³-hybridized carbons (Fsp3) is 0.222. The Morgan fingerprint density at radius 1 is 1.64 bits per heavy atom. The summed E-state index contributed by atoms with van der Waals surface area (Å²) in [4.78, 5) is 10.8. The van der Waals surface area contributed by atoms with E-state index in [1.165, 1.54) is 6.07 Å². The molecule has 2 rings (SSSR count). The lowest BCUT2D eigenvalue weighted by molar-refractivity contribution is 0.0695. The van der Waals surface area contributed by atoms with E-state index in [9.17, 15) is 9.18 Å². The number of aromatic carboxylic acids is 1. The number of fused-ring (bicyclic) bond motifs is 1. The van der Waals surface area contributed by atoms with Crippen molar-refractivity contribution in [1.82, 2.24) is 0 Å². The number of carboxylic acids is 1. The van der Waals surface area contributed by atoms with E-state index in [0.29, 0.717) is 0 Å². The Hall–Kier alpha value is -1.62. The molecular weight excluding hydrogens is 189 g/mol. The molecule has 0 spiro atoms. The zero-order chi connectivity index (χ0) is 10.3. The van der Waals surface area contributed by atoms with Crippen molar-refractivity contribution in [3.63, 3.8) is 0 Å². The molecule has 0 unspecified atom stereocenters. The van der Waals surface area contributed by atoms with Crippen LogP contribution in [0.3, 0.4) is 0 Å². The quantitative estimate of drug-likeness (QED) is 0.702. The van der Waals surface area contributed by atoms with E-state index in [1.54, 1.807) is 0 Å². The van der Waals surface area contributed by atoms with E-state index < -0.39 is 17.8 Å². The molecule has 4 nitrogen and oxygen atoms in total. The van der Waals surface area contributed by atoms with Crippen molar-refractivity contribution in [2.45, 2.75) is 6.04 Å². The monoisotopic (exact) mass is 197 g/mol. The van der Waals surface area contributed by atoms with Crippen LogP contribution in [0.4, 0.5) is 4.39 Å². The molecule has 0 saturated heterocycles. The Balaban J connectivity index is 2.66. The average Bonchev–Trinajstić information content (AvgIpc) is 2.50. The second kappa shape index (κ2) is 2.95. The van der Waals surface area contributed by atoms with Gasteiger partial charge < -0.3 is 15.6 Å². The number of halogens is 1. The van der Waals surface area contributed by atoms with Crippen LogP contribution in [0.5, 0.6) is 5.75 Å². The molecule has 74 valence electrons. The highest BCUT2D eigenvalue weighted by molar-refractivity contribution is 5.90. The molecule has 0 aliphatic carbocycles. The lowest BCUT2D eigenvalue weighted by atomic mass is 10.0. The number of rotatable bonds is 1. The van der Waals surface area contributed by atoms with Crippen LogP contribution < -0.4 is 10.5 Å². The Morgan fingerprint density at radius 2 is 2.36 bits per heavy atom. The number of benzene rings is 1. The van der Waals surface area contributed by atoms with Crippen molar-refractivity contribution < 1.29 is 19.0 Å². The third kappa shape index (κ3) is 1.13. The van der Waals surface area contributed by atoms with E-state index in [2.05, 4.69) is 0 Å². The summed E-state index contributed by atoms with van der Waals surface area (Å²) in [6.45, 7) is 0.122. The molecule has 0 fully saturated rings. The molecule has 0 bridgehead atoms. The summed E-state index contributed by atoms with van der Waals surface area (Å²) >= 11 is 0. The summed E-state index contributed by atoms with van der Waals surface area (Å²) in [5.41, 5.74) is 5.85. The van der Waals surface area contributed by atoms with Gasteiger partial charge in [-0.15, -0.1) is 0 Å². The van der Waals surface area contributed by atoms with Crippen molar-refractivity contribution in [1.29, 1.82) is 0 Å². The van der Waals surface area contributed by atoms with Crippen molar-refractivity contribution in [2.75, 3.05) is 6.61 Å². The van der Waals surface area contributed by atoms with Gasteiger partial charge in [-0.05, 0) is 12.1 Å². The number of hydrogen-bond donors (Lipinski definition) is 2. The normalized spacial score (nSPS) is 18.9. The molecule has 0 aromatic heterocycles. The number of carbonyl (C=O) groups is 1. The van der Waals surface area contributed by atoms with Crippen LogP contribution in [0, 0.1) is 5.82 Å². The highest BCUT2D eigenvalue weighted by Gasteiger charge is 2.29. The number of carboxylic acid groups (broad SMARTS) is 1. The molecular formula is C9H8FNO3. The van der Waals surface area contributed by atoms with Gasteiger partial charge in [0.25, 0.3) is 0 Å². The Labute approximate surface area is 79.1 Å². The number of hydrogen-bond acceptors (Lipinski definition) is 3. The topological polar surface area (TPSA) is 72.5 Å². The summed E-state index contributed by atoms with van der Waals surface area (Å²) in [6, 6.07) is 1.71. The summed E-state index contributed by atoms with van der Waals surface area (Å²) in [7, 11) is 0. The van der Waals surface area contributed by atoms with Crippen LogP contribution in [0.15, 0.2) is 12.1 Å². The first-order valence-corrected chi connectivity index (χ1v) is 4.05. The maximum absolute atomic E-state index is 13.1. The van der Waals surface area contributed by atoms with Crippen LogP contribution in [0.2, 0.25) is 0 Å². The highest BCUT2D eigenvalue weighted by atomic mass is 19.1. The molecule has 0 saturated carbocycles. The fourth-order valence-electron chi connectivity index (χ4n) is 1.53. The summed E-state index contributed by atoms with van der Waals surface area (Å²) in [6.07, 6.45) is 0. The largest absolute Gasteiger partial charge is 0.488 e. The molecule has 0 radical (unpaired) electrons. The van der Waals surface area contributed by atoms with Gasteiger partial charge in [0.05, 0.1) is 11.6 Å². The minimum Gasteiger partial charge on any atom is -0.488 e. The highest BCUT2D eigenvalue weighted by Crippen LogP contribution is 2.35. The lowest BCUT2D eigenvalue weighted by Crippen LogP contribution is -2.14. The predicted molar refractivity (Wildman–Crippen MR) is 45.8 cm³/mol. The van der Waals surface area contributed by atoms with Crippen molar-refractivity contribution in [3.05, 3.63) is 29.1 Å². The van der Waals surface area contributed by atoms with Gasteiger partial charge >= 0.3 is 5.97 Å². The van der Waals surface area contributed by atoms with E-state index in [0.717, 1.165) is 6.07 Å². The van der Waals surface area contributed by atoms with Crippen LogP contribution in [0.1, 0.15) is 22.0 Å². The molecule has 1 atom stereocenters. The van der Waals surface area contributed by atoms with E-state index in [-0.39, 0.29) is 23.5 Å². The Morgan fingerprint density at radius 3 is 3.00 bits per heavy atom. The molecule has 3 N–H and O–H groups in total. The maximum atomic E-state index is 13.1. The minimum absolute atomic E-state index is 0.00593. The van der Waals surface area contributed by atoms with Crippen molar-refractivity contribution in [3.8, 4) is 5.75 Å². The number of nitrogens with two attached hydrogens (primary N) is 1. The maximum Gasteiger partial charge on any atom is 0.336 e. The Kier molecular flexibility index (Phi) is 1.89. The molecule has 1 aromatic rings. The molecule has 0 amide bonds. The molecule has 1 aliphatic heterocycles. The Bertz CT molecular complexity index is 405. The van der Waals surface area contributed by atoms with Gasteiger partial charge in [-0.1, -0.05) is 0 Å². The van der Waals surface area contributed by atoms with Gasteiger partial charge in [-0.2, -0.15) is 0 Å². The zero-order valence-electron chi connectivity index (χ0n) is 7.16. The molecule has 14 heavy (non-hydrogen) atoms. The first-order chi connectivity index (χ1) is 6.61. The molecule has 1 aliphatic rings. The van der Waals surface area contributed by atoms with Crippen LogP contribution >= 0.6 is 0 Å². The van der Waals surface area contributed by atoms with Gasteiger partial charge in [0.15, 0.2) is 11.6 Å². The zero-order valence-corrected chi connectivity index (χ0v) is 7.16. The van der Waals surface area contributed by atoms with Gasteiger partial charge in [-0.3, -0.25) is 0 Å². The van der Waals surface area contributed by atoms with Crippen LogP contribution in [-0.2, 0) is 0 Å². The minimum atomic E-state index is -1.12. The predicted octanol–water partition coefficient (Wildman–Crippen LogP) is 0.916. The van der Waals surface area contributed by atoms with Crippen LogP contribution in [-0.4, -0.2) is 17.7 Å².